The third-order valence-corrected chi connectivity index (χ3v) is 6.74. The second kappa shape index (κ2) is 8.98. The molecule has 1 aliphatic heterocycles. The molecule has 1 saturated heterocycles. The summed E-state index contributed by atoms with van der Waals surface area (Å²) in [4.78, 5) is 16.9. The predicted octanol–water partition coefficient (Wildman–Crippen LogP) is 2.19. The van der Waals surface area contributed by atoms with Gasteiger partial charge in [-0.05, 0) is 26.3 Å². The molecular formula is C16H25IN4O4S. The Bertz CT molecular complexity index is 780. The third kappa shape index (κ3) is 5.29. The Kier molecular flexibility index (Phi) is 7.81. The van der Waals surface area contributed by atoms with Gasteiger partial charge in [0.15, 0.2) is 15.8 Å². The summed E-state index contributed by atoms with van der Waals surface area (Å²) in [5.74, 6) is 0.707. The Labute approximate surface area is 171 Å². The molecule has 0 spiro atoms. The molecule has 1 aromatic rings. The molecule has 0 unspecified atom stereocenters. The molecule has 1 N–H and O–H groups in total. The van der Waals surface area contributed by atoms with Crippen LogP contribution in [0.4, 0.5) is 5.69 Å². The number of nitrogens with one attached hydrogen (secondary N) is 1. The van der Waals surface area contributed by atoms with Crippen molar-refractivity contribution in [2.75, 3.05) is 25.4 Å². The number of hydrogen-bond acceptors (Lipinski definition) is 5. The topological polar surface area (TPSA) is 105 Å². The maximum atomic E-state index is 12.2. The highest BCUT2D eigenvalue weighted by atomic mass is 127. The first-order chi connectivity index (χ1) is 11.7. The summed E-state index contributed by atoms with van der Waals surface area (Å²) < 4.78 is 23.5. The number of halogens is 1. The molecule has 1 aromatic carbocycles. The molecule has 26 heavy (non-hydrogen) atoms. The van der Waals surface area contributed by atoms with Crippen LogP contribution in [0, 0.1) is 10.1 Å². The standard InChI is InChI=1S/C16H24N4O4S.HI/c1-4-17-15(19-8-9-25(23,24)16(2,3)12-19)18-11-13-6-5-7-14(10-13)20(21)22;/h5-7,10H,4,8-9,11-12H2,1-3H3,(H,17,18);1H. The summed E-state index contributed by atoms with van der Waals surface area (Å²) >= 11 is 0. The van der Waals surface area contributed by atoms with Crippen molar-refractivity contribution in [1.29, 1.82) is 0 Å². The number of hydrogen-bond donors (Lipinski definition) is 1. The molecule has 1 heterocycles. The normalized spacial score (nSPS) is 18.7. The van der Waals surface area contributed by atoms with Crippen molar-refractivity contribution >= 4 is 45.5 Å². The van der Waals surface area contributed by atoms with E-state index < -0.39 is 19.5 Å². The zero-order valence-electron chi connectivity index (χ0n) is 15.1. The number of guanidine groups is 1. The maximum Gasteiger partial charge on any atom is 0.269 e. The van der Waals surface area contributed by atoms with E-state index in [1.807, 2.05) is 11.8 Å². The van der Waals surface area contributed by atoms with E-state index in [1.165, 1.54) is 12.1 Å². The fourth-order valence-electron chi connectivity index (χ4n) is 2.68. The first-order valence-corrected chi connectivity index (χ1v) is 9.80. The number of non-ortho nitro benzene ring substituents is 1. The van der Waals surface area contributed by atoms with Gasteiger partial charge >= 0.3 is 0 Å². The van der Waals surface area contributed by atoms with E-state index in [-0.39, 0.29) is 42.0 Å². The van der Waals surface area contributed by atoms with E-state index in [0.717, 1.165) is 5.56 Å². The lowest BCUT2D eigenvalue weighted by atomic mass is 10.2. The SMILES string of the molecule is CCNC(=NCc1cccc([N+](=O)[O-])c1)N1CCS(=O)(=O)C(C)(C)C1.I. The van der Waals surface area contributed by atoms with Gasteiger partial charge in [-0.15, -0.1) is 24.0 Å². The molecule has 10 heteroatoms. The maximum absolute atomic E-state index is 12.2. The number of nitro groups is 1. The zero-order chi connectivity index (χ0) is 18.7. The van der Waals surface area contributed by atoms with Gasteiger partial charge in [-0.3, -0.25) is 10.1 Å². The van der Waals surface area contributed by atoms with E-state index in [2.05, 4.69) is 10.3 Å². The first kappa shape index (κ1) is 22.6. The van der Waals surface area contributed by atoms with E-state index in [0.29, 0.717) is 25.6 Å². The van der Waals surface area contributed by atoms with Crippen LogP contribution in [0.15, 0.2) is 29.3 Å². The first-order valence-electron chi connectivity index (χ1n) is 8.15. The molecular weight excluding hydrogens is 471 g/mol. The second-order valence-electron chi connectivity index (χ2n) is 6.60. The minimum absolute atomic E-state index is 0. The van der Waals surface area contributed by atoms with Crippen LogP contribution in [0.25, 0.3) is 0 Å². The molecule has 1 fully saturated rings. The molecule has 0 aliphatic carbocycles. The van der Waals surface area contributed by atoms with Crippen molar-refractivity contribution in [3.8, 4) is 0 Å². The molecule has 0 saturated carbocycles. The number of aliphatic imine (C=N–C) groups is 1. The fourth-order valence-corrected chi connectivity index (χ4v) is 4.05. The van der Waals surface area contributed by atoms with Crippen LogP contribution in [0.3, 0.4) is 0 Å². The van der Waals surface area contributed by atoms with Crippen LogP contribution < -0.4 is 5.32 Å². The van der Waals surface area contributed by atoms with Gasteiger partial charge in [0.1, 0.15) is 0 Å². The second-order valence-corrected chi connectivity index (χ2v) is 9.34. The van der Waals surface area contributed by atoms with Crippen LogP contribution in [-0.2, 0) is 16.4 Å². The van der Waals surface area contributed by atoms with Crippen molar-refractivity contribution in [3.63, 3.8) is 0 Å². The molecule has 146 valence electrons. The molecule has 0 radical (unpaired) electrons. The number of sulfone groups is 1. The summed E-state index contributed by atoms with van der Waals surface area (Å²) in [7, 11) is -3.12. The minimum atomic E-state index is -3.12. The van der Waals surface area contributed by atoms with Crippen LogP contribution in [0.2, 0.25) is 0 Å². The molecule has 0 atom stereocenters. The summed E-state index contributed by atoms with van der Waals surface area (Å²) in [5.41, 5.74) is 0.761. The average molecular weight is 496 g/mol. The Balaban J connectivity index is 0.00000338. The van der Waals surface area contributed by atoms with Gasteiger partial charge in [0, 0.05) is 31.8 Å². The van der Waals surface area contributed by atoms with E-state index in [9.17, 15) is 18.5 Å². The number of nitro benzene ring substituents is 1. The van der Waals surface area contributed by atoms with Crippen LogP contribution in [0.1, 0.15) is 26.3 Å². The third-order valence-electron chi connectivity index (χ3n) is 4.21. The van der Waals surface area contributed by atoms with Crippen molar-refractivity contribution in [2.45, 2.75) is 32.1 Å². The molecule has 0 aromatic heterocycles. The van der Waals surface area contributed by atoms with Crippen LogP contribution in [-0.4, -0.2) is 54.3 Å². The van der Waals surface area contributed by atoms with Gasteiger partial charge in [-0.1, -0.05) is 12.1 Å². The molecule has 1 aliphatic rings. The molecule has 2 rings (SSSR count). The highest BCUT2D eigenvalue weighted by Crippen LogP contribution is 2.24. The summed E-state index contributed by atoms with van der Waals surface area (Å²) in [6.07, 6.45) is 0. The lowest BCUT2D eigenvalue weighted by Crippen LogP contribution is -2.57. The predicted molar refractivity (Wildman–Crippen MR) is 113 cm³/mol. The largest absolute Gasteiger partial charge is 0.357 e. The van der Waals surface area contributed by atoms with E-state index >= 15 is 0 Å². The van der Waals surface area contributed by atoms with E-state index in [1.54, 1.807) is 26.0 Å². The smallest absolute Gasteiger partial charge is 0.269 e. The van der Waals surface area contributed by atoms with Gasteiger partial charge in [0.2, 0.25) is 0 Å². The molecule has 0 amide bonds. The summed E-state index contributed by atoms with van der Waals surface area (Å²) in [6, 6.07) is 6.35. The highest BCUT2D eigenvalue weighted by molar-refractivity contribution is 14.0. The number of nitrogens with zero attached hydrogens (tertiary/aromatic N) is 3. The summed E-state index contributed by atoms with van der Waals surface area (Å²) in [5, 5.41) is 14.0. The highest BCUT2D eigenvalue weighted by Gasteiger charge is 2.40. The number of benzene rings is 1. The molecule has 0 bridgehead atoms. The monoisotopic (exact) mass is 496 g/mol. The number of rotatable bonds is 4. The van der Waals surface area contributed by atoms with Gasteiger partial charge in [0.25, 0.3) is 5.69 Å². The fraction of sp³-hybridized carbons (Fsp3) is 0.562. The Morgan fingerprint density at radius 2 is 2.12 bits per heavy atom. The van der Waals surface area contributed by atoms with Crippen LogP contribution >= 0.6 is 24.0 Å². The van der Waals surface area contributed by atoms with Crippen molar-refractivity contribution in [1.82, 2.24) is 10.2 Å². The van der Waals surface area contributed by atoms with E-state index in [4.69, 9.17) is 0 Å². The lowest BCUT2D eigenvalue weighted by molar-refractivity contribution is -0.384. The Morgan fingerprint density at radius 3 is 2.69 bits per heavy atom. The van der Waals surface area contributed by atoms with Gasteiger partial charge < -0.3 is 10.2 Å². The molecule has 8 nitrogen and oxygen atoms in total. The Hall–Kier alpha value is -1.43. The minimum Gasteiger partial charge on any atom is -0.357 e. The Morgan fingerprint density at radius 1 is 1.42 bits per heavy atom. The lowest BCUT2D eigenvalue weighted by Gasteiger charge is -2.39. The average Bonchev–Trinajstić information content (AvgIpc) is 2.54. The van der Waals surface area contributed by atoms with Crippen molar-refractivity contribution in [2.24, 2.45) is 4.99 Å². The van der Waals surface area contributed by atoms with Gasteiger partial charge in [-0.2, -0.15) is 0 Å². The van der Waals surface area contributed by atoms with Gasteiger partial charge in [0.05, 0.1) is 22.0 Å². The summed E-state index contributed by atoms with van der Waals surface area (Å²) in [6.45, 7) is 7.06. The quantitative estimate of drug-likeness (QED) is 0.225. The van der Waals surface area contributed by atoms with Crippen molar-refractivity contribution in [3.05, 3.63) is 39.9 Å². The van der Waals surface area contributed by atoms with Gasteiger partial charge in [-0.25, -0.2) is 13.4 Å². The van der Waals surface area contributed by atoms with Crippen molar-refractivity contribution < 1.29 is 13.3 Å². The zero-order valence-corrected chi connectivity index (χ0v) is 18.3. The van der Waals surface area contributed by atoms with Crippen LogP contribution in [0.5, 0.6) is 0 Å².